The maximum absolute atomic E-state index is 12.5. The lowest BCUT2D eigenvalue weighted by Crippen LogP contribution is -2.16. The minimum Gasteiger partial charge on any atom is -0.493 e. The number of carbonyl (C=O) groups excluding carboxylic acids is 2. The minimum absolute atomic E-state index is 0.0908. The van der Waals surface area contributed by atoms with Crippen molar-refractivity contribution in [2.75, 3.05) is 13.2 Å². The molecule has 0 saturated heterocycles. The first-order valence-corrected chi connectivity index (χ1v) is 8.92. The molecular formula is C22H23NO4. The monoisotopic (exact) mass is 365 g/mol. The van der Waals surface area contributed by atoms with Gasteiger partial charge < -0.3 is 14.5 Å². The summed E-state index contributed by atoms with van der Waals surface area (Å²) < 4.78 is 10.8. The van der Waals surface area contributed by atoms with Crippen LogP contribution in [0, 0.1) is 20.8 Å². The van der Waals surface area contributed by atoms with E-state index in [-0.39, 0.29) is 25.4 Å². The number of hydrogen-bond acceptors (Lipinski definition) is 4. The summed E-state index contributed by atoms with van der Waals surface area (Å²) in [7, 11) is 0. The van der Waals surface area contributed by atoms with E-state index in [9.17, 15) is 9.59 Å². The van der Waals surface area contributed by atoms with Gasteiger partial charge in [0.1, 0.15) is 5.75 Å². The molecule has 0 atom stereocenters. The predicted octanol–water partition coefficient (Wildman–Crippen LogP) is 4.29. The number of hydrogen-bond donors (Lipinski definition) is 1. The first-order valence-electron chi connectivity index (χ1n) is 8.92. The van der Waals surface area contributed by atoms with Crippen molar-refractivity contribution in [3.63, 3.8) is 0 Å². The topological polar surface area (TPSA) is 68.4 Å². The van der Waals surface area contributed by atoms with E-state index in [0.29, 0.717) is 5.56 Å². The zero-order valence-electron chi connectivity index (χ0n) is 15.8. The molecule has 3 rings (SSSR count). The van der Waals surface area contributed by atoms with Crippen LogP contribution >= 0.6 is 0 Å². The van der Waals surface area contributed by atoms with E-state index in [1.54, 1.807) is 0 Å². The van der Waals surface area contributed by atoms with Crippen LogP contribution in [0.25, 0.3) is 10.9 Å². The highest BCUT2D eigenvalue weighted by Gasteiger charge is 2.17. The second kappa shape index (κ2) is 8.08. The normalized spacial score (nSPS) is 10.8. The Morgan fingerprint density at radius 1 is 1.04 bits per heavy atom. The molecular weight excluding hydrogens is 342 g/mol. The summed E-state index contributed by atoms with van der Waals surface area (Å²) in [4.78, 5) is 27.6. The van der Waals surface area contributed by atoms with E-state index < -0.39 is 5.97 Å². The van der Waals surface area contributed by atoms with Gasteiger partial charge in [-0.25, -0.2) is 0 Å². The third-order valence-electron chi connectivity index (χ3n) is 4.44. The average molecular weight is 365 g/mol. The van der Waals surface area contributed by atoms with Crippen LogP contribution in [0.3, 0.4) is 0 Å². The second-order valence-corrected chi connectivity index (χ2v) is 6.62. The van der Waals surface area contributed by atoms with Gasteiger partial charge in [-0.15, -0.1) is 0 Å². The number of para-hydroxylation sites is 1. The molecule has 140 valence electrons. The first-order chi connectivity index (χ1) is 13.0. The summed E-state index contributed by atoms with van der Waals surface area (Å²) in [5.74, 6) is 0.0909. The Kier molecular flexibility index (Phi) is 5.60. The van der Waals surface area contributed by atoms with Crippen LogP contribution in [0.5, 0.6) is 5.75 Å². The number of rotatable bonds is 7. The first kappa shape index (κ1) is 18.7. The molecule has 3 aromatic rings. The van der Waals surface area contributed by atoms with Crippen LogP contribution in [-0.4, -0.2) is 30.0 Å². The van der Waals surface area contributed by atoms with Gasteiger partial charge in [0.15, 0.2) is 6.61 Å². The lowest BCUT2D eigenvalue weighted by molar-refractivity contribution is -0.143. The number of carbonyl (C=O) groups is 2. The SMILES string of the molecule is Cc1ccc(C)c(OCCC(=O)OCC(=O)c2c(C)[nH]c3ccccc23)c1. The quantitative estimate of drug-likeness (QED) is 0.501. The number of nitrogens with one attached hydrogen (secondary N) is 1. The van der Waals surface area contributed by atoms with Gasteiger partial charge in [-0.2, -0.15) is 0 Å². The van der Waals surface area contributed by atoms with E-state index in [2.05, 4.69) is 4.98 Å². The van der Waals surface area contributed by atoms with Crippen LogP contribution in [0.15, 0.2) is 42.5 Å². The molecule has 27 heavy (non-hydrogen) atoms. The van der Waals surface area contributed by atoms with Crippen LogP contribution in [0.2, 0.25) is 0 Å². The molecule has 0 fully saturated rings. The molecule has 1 N–H and O–H groups in total. The van der Waals surface area contributed by atoms with Crippen molar-refractivity contribution in [2.45, 2.75) is 27.2 Å². The van der Waals surface area contributed by atoms with E-state index in [4.69, 9.17) is 9.47 Å². The molecule has 0 bridgehead atoms. The van der Waals surface area contributed by atoms with Gasteiger partial charge >= 0.3 is 5.97 Å². The number of Topliss-reactive ketones (excluding diaryl/α,β-unsaturated/α-hetero) is 1. The Labute approximate surface area is 158 Å². The van der Waals surface area contributed by atoms with Crippen LogP contribution in [0.1, 0.15) is 33.6 Å². The van der Waals surface area contributed by atoms with E-state index in [1.165, 1.54) is 0 Å². The molecule has 0 spiro atoms. The average Bonchev–Trinajstić information content (AvgIpc) is 2.98. The summed E-state index contributed by atoms with van der Waals surface area (Å²) in [5.41, 5.74) is 4.35. The lowest BCUT2D eigenvalue weighted by atomic mass is 10.1. The highest BCUT2D eigenvalue weighted by molar-refractivity contribution is 6.10. The van der Waals surface area contributed by atoms with Crippen molar-refractivity contribution >= 4 is 22.7 Å². The molecule has 5 heteroatoms. The molecule has 1 aromatic heterocycles. The number of H-pyrrole nitrogens is 1. The molecule has 0 unspecified atom stereocenters. The summed E-state index contributed by atoms with van der Waals surface area (Å²) in [6.45, 7) is 5.72. The molecule has 0 aliphatic rings. The molecule has 5 nitrogen and oxygen atoms in total. The summed E-state index contributed by atoms with van der Waals surface area (Å²) in [5, 5.41) is 0.842. The number of ether oxygens (including phenoxy) is 2. The van der Waals surface area contributed by atoms with Crippen molar-refractivity contribution in [3.8, 4) is 5.75 Å². The van der Waals surface area contributed by atoms with Gasteiger partial charge in [0, 0.05) is 22.2 Å². The molecule has 0 saturated carbocycles. The van der Waals surface area contributed by atoms with Crippen molar-refractivity contribution in [2.24, 2.45) is 0 Å². The van der Waals surface area contributed by atoms with Crippen LogP contribution < -0.4 is 4.74 Å². The molecule has 0 aliphatic heterocycles. The Balaban J connectivity index is 1.52. The smallest absolute Gasteiger partial charge is 0.309 e. The predicted molar refractivity (Wildman–Crippen MR) is 104 cm³/mol. The Bertz CT molecular complexity index is 987. The lowest BCUT2D eigenvalue weighted by Gasteiger charge is -2.10. The van der Waals surface area contributed by atoms with Gasteiger partial charge in [0.05, 0.1) is 13.0 Å². The van der Waals surface area contributed by atoms with E-state index in [0.717, 1.165) is 33.5 Å². The highest BCUT2D eigenvalue weighted by Crippen LogP contribution is 2.22. The Hall–Kier alpha value is -3.08. The largest absolute Gasteiger partial charge is 0.493 e. The fourth-order valence-corrected chi connectivity index (χ4v) is 3.03. The fraction of sp³-hybridized carbons (Fsp3) is 0.273. The molecule has 0 aliphatic carbocycles. The summed E-state index contributed by atoms with van der Waals surface area (Å²) >= 11 is 0. The summed E-state index contributed by atoms with van der Waals surface area (Å²) in [6.07, 6.45) is 0.0908. The molecule has 1 heterocycles. The number of aryl methyl sites for hydroxylation is 3. The molecule has 0 radical (unpaired) electrons. The van der Waals surface area contributed by atoms with Crippen molar-refractivity contribution in [1.82, 2.24) is 4.98 Å². The van der Waals surface area contributed by atoms with Gasteiger partial charge in [-0.1, -0.05) is 30.3 Å². The van der Waals surface area contributed by atoms with Crippen molar-refractivity contribution in [1.29, 1.82) is 0 Å². The number of aromatic nitrogens is 1. The second-order valence-electron chi connectivity index (χ2n) is 6.62. The number of fused-ring (bicyclic) bond motifs is 1. The number of benzene rings is 2. The van der Waals surface area contributed by atoms with E-state index >= 15 is 0 Å². The third-order valence-corrected chi connectivity index (χ3v) is 4.44. The number of ketones is 1. The molecule has 0 amide bonds. The van der Waals surface area contributed by atoms with Gasteiger partial charge in [-0.3, -0.25) is 9.59 Å². The Morgan fingerprint density at radius 2 is 1.81 bits per heavy atom. The number of esters is 1. The van der Waals surface area contributed by atoms with E-state index in [1.807, 2.05) is 63.2 Å². The van der Waals surface area contributed by atoms with Crippen molar-refractivity contribution < 1.29 is 19.1 Å². The zero-order valence-corrected chi connectivity index (χ0v) is 15.8. The number of aromatic amines is 1. The van der Waals surface area contributed by atoms with Gasteiger partial charge in [-0.05, 0) is 44.0 Å². The highest BCUT2D eigenvalue weighted by atomic mass is 16.5. The van der Waals surface area contributed by atoms with Gasteiger partial charge in [0.2, 0.25) is 5.78 Å². The molecule has 2 aromatic carbocycles. The summed E-state index contributed by atoms with van der Waals surface area (Å²) in [6, 6.07) is 13.5. The fourth-order valence-electron chi connectivity index (χ4n) is 3.03. The van der Waals surface area contributed by atoms with Crippen LogP contribution in [0.4, 0.5) is 0 Å². The van der Waals surface area contributed by atoms with Crippen molar-refractivity contribution in [3.05, 3.63) is 64.8 Å². The van der Waals surface area contributed by atoms with Gasteiger partial charge in [0.25, 0.3) is 0 Å². The zero-order chi connectivity index (χ0) is 19.4. The Morgan fingerprint density at radius 3 is 2.63 bits per heavy atom. The standard InChI is InChI=1S/C22H23NO4/c1-14-8-9-15(2)20(12-14)26-11-10-21(25)27-13-19(24)22-16(3)23-18-7-5-4-6-17(18)22/h4-9,12,23H,10-11,13H2,1-3H3. The maximum Gasteiger partial charge on any atom is 0.309 e. The maximum atomic E-state index is 12.5. The van der Waals surface area contributed by atoms with Crippen LogP contribution in [-0.2, 0) is 9.53 Å². The minimum atomic E-state index is -0.453. The third kappa shape index (κ3) is 4.37.